The Labute approximate surface area is 119 Å². The Morgan fingerprint density at radius 1 is 1.57 bits per heavy atom. The Morgan fingerprint density at radius 3 is 2.81 bits per heavy atom. The Morgan fingerprint density at radius 2 is 2.33 bits per heavy atom. The summed E-state index contributed by atoms with van der Waals surface area (Å²) in [4.78, 5) is 24.8. The van der Waals surface area contributed by atoms with E-state index in [0.717, 1.165) is 0 Å². The van der Waals surface area contributed by atoms with Crippen molar-refractivity contribution in [3.8, 4) is 0 Å². The number of aldehydes is 1. The lowest BCUT2D eigenvalue weighted by atomic mass is 10.0. The SMILES string of the molecule is COC1(c2ccc(C=O)c(F)n2)C=CC(NC(=O)O)=CN1. The molecule has 0 aromatic carbocycles. The average Bonchev–Trinajstić information content (AvgIpc) is 2.47. The van der Waals surface area contributed by atoms with Crippen LogP contribution >= 0.6 is 0 Å². The summed E-state index contributed by atoms with van der Waals surface area (Å²) >= 11 is 0. The summed E-state index contributed by atoms with van der Waals surface area (Å²) in [6.07, 6.45) is 3.47. The Bertz CT molecular complexity index is 644. The van der Waals surface area contributed by atoms with Gasteiger partial charge in [0, 0.05) is 13.3 Å². The Kier molecular flexibility index (Phi) is 3.99. The molecule has 0 fully saturated rings. The summed E-state index contributed by atoms with van der Waals surface area (Å²) in [6.45, 7) is 0. The second-order valence-electron chi connectivity index (χ2n) is 4.14. The summed E-state index contributed by atoms with van der Waals surface area (Å²) < 4.78 is 18.9. The van der Waals surface area contributed by atoms with Crippen LogP contribution in [0.25, 0.3) is 0 Å². The van der Waals surface area contributed by atoms with Crippen molar-refractivity contribution in [3.05, 3.63) is 53.4 Å². The fourth-order valence-corrected chi connectivity index (χ4v) is 1.82. The van der Waals surface area contributed by atoms with Crippen molar-refractivity contribution in [3.63, 3.8) is 0 Å². The maximum absolute atomic E-state index is 13.6. The normalized spacial score (nSPS) is 20.4. The van der Waals surface area contributed by atoms with Crippen LogP contribution in [0, 0.1) is 5.95 Å². The van der Waals surface area contributed by atoms with Crippen LogP contribution in [0.1, 0.15) is 16.1 Å². The lowest BCUT2D eigenvalue weighted by Crippen LogP contribution is -2.43. The first-order valence-corrected chi connectivity index (χ1v) is 5.85. The number of ether oxygens (including phenoxy) is 1. The number of nitrogens with zero attached hydrogens (tertiary/aromatic N) is 1. The number of halogens is 1. The van der Waals surface area contributed by atoms with E-state index < -0.39 is 17.8 Å². The number of carboxylic acid groups (broad SMARTS) is 1. The molecule has 3 N–H and O–H groups in total. The van der Waals surface area contributed by atoms with E-state index >= 15 is 0 Å². The highest BCUT2D eigenvalue weighted by molar-refractivity contribution is 5.74. The van der Waals surface area contributed by atoms with E-state index in [2.05, 4.69) is 15.6 Å². The highest BCUT2D eigenvalue weighted by Gasteiger charge is 2.32. The molecular weight excluding hydrogens is 281 g/mol. The lowest BCUT2D eigenvalue weighted by molar-refractivity contribution is 0.00436. The van der Waals surface area contributed by atoms with Gasteiger partial charge in [-0.1, -0.05) is 0 Å². The highest BCUT2D eigenvalue weighted by atomic mass is 19.1. The number of methoxy groups -OCH3 is 1. The van der Waals surface area contributed by atoms with Crippen molar-refractivity contribution in [2.24, 2.45) is 0 Å². The van der Waals surface area contributed by atoms with E-state index in [1.54, 1.807) is 0 Å². The van der Waals surface area contributed by atoms with E-state index in [-0.39, 0.29) is 11.3 Å². The first-order chi connectivity index (χ1) is 10.0. The first kappa shape index (κ1) is 14.7. The molecule has 1 aromatic heterocycles. The number of amides is 1. The average molecular weight is 293 g/mol. The molecule has 0 spiro atoms. The number of aromatic nitrogens is 1. The molecule has 2 heterocycles. The summed E-state index contributed by atoms with van der Waals surface area (Å²) in [5.74, 6) is -0.910. The molecule has 0 aliphatic carbocycles. The molecule has 1 aliphatic heterocycles. The van der Waals surface area contributed by atoms with Gasteiger partial charge in [0.25, 0.3) is 0 Å². The van der Waals surface area contributed by atoms with Gasteiger partial charge in [-0.15, -0.1) is 0 Å². The molecule has 1 aliphatic rings. The van der Waals surface area contributed by atoms with Gasteiger partial charge in [0.2, 0.25) is 11.7 Å². The number of nitrogens with one attached hydrogen (secondary N) is 2. The number of carbonyl (C=O) groups excluding carboxylic acids is 1. The van der Waals surface area contributed by atoms with E-state index in [0.29, 0.717) is 12.0 Å². The van der Waals surface area contributed by atoms with Gasteiger partial charge in [-0.25, -0.2) is 9.78 Å². The quantitative estimate of drug-likeness (QED) is 0.568. The molecule has 1 amide bonds. The monoisotopic (exact) mass is 293 g/mol. The minimum atomic E-state index is -1.24. The molecular formula is C13H12FN3O4. The van der Waals surface area contributed by atoms with Crippen LogP contribution in [0.2, 0.25) is 0 Å². The van der Waals surface area contributed by atoms with Crippen LogP contribution in [0.4, 0.5) is 9.18 Å². The van der Waals surface area contributed by atoms with Crippen molar-refractivity contribution in [1.82, 2.24) is 15.6 Å². The molecule has 110 valence electrons. The number of hydrogen-bond acceptors (Lipinski definition) is 5. The molecule has 7 nitrogen and oxygen atoms in total. The van der Waals surface area contributed by atoms with Gasteiger partial charge in [0.15, 0.2) is 6.29 Å². The fourth-order valence-electron chi connectivity index (χ4n) is 1.82. The predicted molar refractivity (Wildman–Crippen MR) is 69.8 cm³/mol. The maximum Gasteiger partial charge on any atom is 0.409 e. The molecule has 0 radical (unpaired) electrons. The zero-order valence-corrected chi connectivity index (χ0v) is 11.0. The molecule has 1 atom stereocenters. The van der Waals surface area contributed by atoms with Gasteiger partial charge in [-0.3, -0.25) is 10.1 Å². The van der Waals surface area contributed by atoms with Crippen LogP contribution in [0.3, 0.4) is 0 Å². The van der Waals surface area contributed by atoms with Crippen molar-refractivity contribution in [1.29, 1.82) is 0 Å². The summed E-state index contributed by atoms with van der Waals surface area (Å²) in [5.41, 5.74) is -0.921. The highest BCUT2D eigenvalue weighted by Crippen LogP contribution is 2.26. The topological polar surface area (TPSA) is 101 Å². The third kappa shape index (κ3) is 2.90. The summed E-state index contributed by atoms with van der Waals surface area (Å²) in [7, 11) is 1.38. The molecule has 1 unspecified atom stereocenters. The van der Waals surface area contributed by atoms with Crippen LogP contribution in [0.15, 0.2) is 36.2 Å². The van der Waals surface area contributed by atoms with Gasteiger partial charge in [0.05, 0.1) is 11.3 Å². The molecule has 1 aromatic rings. The van der Waals surface area contributed by atoms with E-state index in [4.69, 9.17) is 9.84 Å². The molecule has 0 saturated heterocycles. The minimum absolute atomic E-state index is 0.159. The second kappa shape index (κ2) is 5.71. The van der Waals surface area contributed by atoms with Crippen LogP contribution in [-0.2, 0) is 10.5 Å². The molecule has 0 saturated carbocycles. The third-order valence-electron chi connectivity index (χ3n) is 2.90. The number of pyridine rings is 1. The first-order valence-electron chi connectivity index (χ1n) is 5.85. The second-order valence-corrected chi connectivity index (χ2v) is 4.14. The fraction of sp³-hybridized carbons (Fsp3) is 0.154. The van der Waals surface area contributed by atoms with E-state index in [9.17, 15) is 14.0 Å². The zero-order chi connectivity index (χ0) is 15.5. The van der Waals surface area contributed by atoms with Crippen LogP contribution in [-0.4, -0.2) is 29.6 Å². The van der Waals surface area contributed by atoms with Gasteiger partial charge < -0.3 is 15.2 Å². The molecule has 8 heteroatoms. The van der Waals surface area contributed by atoms with Gasteiger partial charge in [-0.2, -0.15) is 4.39 Å². The smallest absolute Gasteiger partial charge is 0.409 e. The zero-order valence-electron chi connectivity index (χ0n) is 11.0. The van der Waals surface area contributed by atoms with Gasteiger partial charge >= 0.3 is 6.09 Å². The number of allylic oxidation sites excluding steroid dienone is 1. The summed E-state index contributed by atoms with van der Waals surface area (Å²) in [5, 5.41) is 13.6. The number of hydrogen-bond donors (Lipinski definition) is 3. The van der Waals surface area contributed by atoms with Crippen molar-refractivity contribution < 1.29 is 23.8 Å². The number of dihydropyridines is 1. The Balaban J connectivity index is 2.31. The Hall–Kier alpha value is -2.74. The van der Waals surface area contributed by atoms with E-state index in [1.165, 1.54) is 37.6 Å². The minimum Gasteiger partial charge on any atom is -0.465 e. The standard InChI is InChI=1S/C13H12FN3O4/c1-21-13(5-4-9(6-15-13)16-12(19)20)10-3-2-8(7-18)11(14)17-10/h2-7,15-16H,1H3,(H,19,20). The van der Waals surface area contributed by atoms with Crippen LogP contribution in [0.5, 0.6) is 0 Å². The molecule has 0 bridgehead atoms. The van der Waals surface area contributed by atoms with Gasteiger partial charge in [0.1, 0.15) is 5.69 Å². The van der Waals surface area contributed by atoms with Crippen molar-refractivity contribution in [2.45, 2.75) is 5.72 Å². The lowest BCUT2D eigenvalue weighted by Gasteiger charge is -2.31. The number of carbonyl (C=O) groups is 2. The maximum atomic E-state index is 13.6. The van der Waals surface area contributed by atoms with Gasteiger partial charge in [-0.05, 0) is 24.3 Å². The molecule has 21 heavy (non-hydrogen) atoms. The summed E-state index contributed by atoms with van der Waals surface area (Å²) in [6, 6.07) is 2.73. The van der Waals surface area contributed by atoms with Crippen molar-refractivity contribution >= 4 is 12.4 Å². The third-order valence-corrected chi connectivity index (χ3v) is 2.90. The largest absolute Gasteiger partial charge is 0.465 e. The van der Waals surface area contributed by atoms with Crippen molar-refractivity contribution in [2.75, 3.05) is 7.11 Å². The van der Waals surface area contributed by atoms with E-state index in [1.807, 2.05) is 0 Å². The molecule has 2 rings (SSSR count). The predicted octanol–water partition coefficient (Wildman–Crippen LogP) is 1.10. The number of rotatable bonds is 4. The van der Waals surface area contributed by atoms with Crippen LogP contribution < -0.4 is 10.6 Å².